The Hall–Kier alpha value is -4.34. The molecule has 234 valence electrons. The van der Waals surface area contributed by atoms with Crippen LogP contribution in [-0.2, 0) is 30.3 Å². The second-order valence-electron chi connectivity index (χ2n) is 11.2. The average Bonchev–Trinajstić information content (AvgIpc) is 2.95. The molecule has 0 saturated carbocycles. The fraction of sp³-hybridized carbons (Fsp3) is 0.455. The molecule has 0 saturated heterocycles. The number of carbonyl (C=O) groups is 4. The molecule has 0 spiro atoms. The molecule has 0 fully saturated rings. The Balaban J connectivity index is 2.57. The number of rotatable bonds is 14. The van der Waals surface area contributed by atoms with Crippen molar-refractivity contribution in [1.29, 1.82) is 0 Å². The van der Waals surface area contributed by atoms with Crippen molar-refractivity contribution in [2.75, 3.05) is 13.2 Å². The van der Waals surface area contributed by atoms with E-state index in [1.807, 2.05) is 19.9 Å². The topological polar surface area (TPSA) is 134 Å². The molecule has 2 aromatic rings. The molecule has 10 heteroatoms. The van der Waals surface area contributed by atoms with Gasteiger partial charge in [0.15, 0.2) is 0 Å². The molecule has 0 heterocycles. The Morgan fingerprint density at radius 3 is 2.33 bits per heavy atom. The van der Waals surface area contributed by atoms with Gasteiger partial charge in [-0.1, -0.05) is 49.9 Å². The normalized spacial score (nSPS) is 13.2. The number of hydrogen-bond acceptors (Lipinski definition) is 7. The van der Waals surface area contributed by atoms with Gasteiger partial charge in [-0.3, -0.25) is 14.4 Å². The highest BCUT2D eigenvalue weighted by Gasteiger charge is 2.38. The highest BCUT2D eigenvalue weighted by atomic mass is 16.6. The van der Waals surface area contributed by atoms with Gasteiger partial charge in [-0.15, -0.1) is 0 Å². The number of amides is 3. The van der Waals surface area contributed by atoms with Crippen LogP contribution in [0.1, 0.15) is 77.1 Å². The largest absolute Gasteiger partial charge is 0.508 e. The van der Waals surface area contributed by atoms with Gasteiger partial charge in [0.05, 0.1) is 13.0 Å². The van der Waals surface area contributed by atoms with Crippen molar-refractivity contribution in [3.8, 4) is 5.75 Å². The third-order valence-corrected chi connectivity index (χ3v) is 6.61. The SMILES string of the molecule is C=Cc1cccc(C(C(=O)NCCC(=O)OCC)N(C(=O)C(Cc2ccc(O)cc2)NC(=O)OC(C)(C)C)C(C)CC)c1. The average molecular weight is 596 g/mol. The Bertz CT molecular complexity index is 1250. The first-order valence-electron chi connectivity index (χ1n) is 14.5. The molecule has 0 aliphatic rings. The lowest BCUT2D eigenvalue weighted by Gasteiger charge is -2.38. The summed E-state index contributed by atoms with van der Waals surface area (Å²) in [5.74, 6) is -1.37. The van der Waals surface area contributed by atoms with Crippen molar-refractivity contribution in [2.24, 2.45) is 0 Å². The number of carbonyl (C=O) groups excluding carboxylic acids is 4. The lowest BCUT2D eigenvalue weighted by Crippen LogP contribution is -2.56. The molecule has 0 radical (unpaired) electrons. The molecule has 0 aromatic heterocycles. The van der Waals surface area contributed by atoms with Crippen LogP contribution in [0.4, 0.5) is 4.79 Å². The number of esters is 1. The number of phenolic OH excluding ortho intramolecular Hbond substituents is 1. The summed E-state index contributed by atoms with van der Waals surface area (Å²) in [6.45, 7) is 14.7. The lowest BCUT2D eigenvalue weighted by atomic mass is 9.96. The molecule has 3 unspecified atom stereocenters. The summed E-state index contributed by atoms with van der Waals surface area (Å²) in [5.41, 5.74) is 1.17. The minimum Gasteiger partial charge on any atom is -0.508 e. The second-order valence-corrected chi connectivity index (χ2v) is 11.2. The molecule has 3 amide bonds. The maximum Gasteiger partial charge on any atom is 0.408 e. The van der Waals surface area contributed by atoms with Crippen LogP contribution < -0.4 is 10.6 Å². The minimum absolute atomic E-state index is 0.0188. The van der Waals surface area contributed by atoms with Crippen LogP contribution in [-0.4, -0.2) is 64.7 Å². The quantitative estimate of drug-likeness (QED) is 0.264. The summed E-state index contributed by atoms with van der Waals surface area (Å²) in [6.07, 6.45) is 1.43. The number of hydrogen-bond donors (Lipinski definition) is 3. The highest BCUT2D eigenvalue weighted by molar-refractivity contribution is 5.92. The Morgan fingerprint density at radius 1 is 1.07 bits per heavy atom. The van der Waals surface area contributed by atoms with Crippen LogP contribution in [0.5, 0.6) is 5.75 Å². The number of ether oxygens (including phenoxy) is 2. The van der Waals surface area contributed by atoms with E-state index in [0.717, 1.165) is 5.56 Å². The molecular formula is C33H45N3O7. The predicted molar refractivity (Wildman–Crippen MR) is 165 cm³/mol. The van der Waals surface area contributed by atoms with Gasteiger partial charge in [-0.05, 0) is 75.9 Å². The molecule has 0 bridgehead atoms. The smallest absolute Gasteiger partial charge is 0.408 e. The monoisotopic (exact) mass is 595 g/mol. The van der Waals surface area contributed by atoms with E-state index in [4.69, 9.17) is 9.47 Å². The van der Waals surface area contributed by atoms with Gasteiger partial charge in [-0.25, -0.2) is 4.79 Å². The molecule has 0 aliphatic heterocycles. The van der Waals surface area contributed by atoms with Crippen LogP contribution in [0.2, 0.25) is 0 Å². The van der Waals surface area contributed by atoms with Gasteiger partial charge in [0.25, 0.3) is 0 Å². The third-order valence-electron chi connectivity index (χ3n) is 6.61. The van der Waals surface area contributed by atoms with Crippen LogP contribution >= 0.6 is 0 Å². The van der Waals surface area contributed by atoms with Crippen molar-refractivity contribution in [3.63, 3.8) is 0 Å². The number of phenols is 1. The minimum atomic E-state index is -1.11. The van der Waals surface area contributed by atoms with Gasteiger partial charge < -0.3 is 30.1 Å². The third kappa shape index (κ3) is 11.1. The van der Waals surface area contributed by atoms with Crippen molar-refractivity contribution < 1.29 is 33.8 Å². The zero-order valence-corrected chi connectivity index (χ0v) is 26.0. The van der Waals surface area contributed by atoms with E-state index in [9.17, 15) is 24.3 Å². The summed E-state index contributed by atoms with van der Waals surface area (Å²) in [6, 6.07) is 10.8. The Morgan fingerprint density at radius 2 is 1.74 bits per heavy atom. The zero-order chi connectivity index (χ0) is 32.2. The van der Waals surface area contributed by atoms with Crippen LogP contribution in [0.3, 0.4) is 0 Å². The zero-order valence-electron chi connectivity index (χ0n) is 26.0. The highest BCUT2D eigenvalue weighted by Crippen LogP contribution is 2.28. The van der Waals surface area contributed by atoms with Crippen LogP contribution in [0.25, 0.3) is 6.08 Å². The van der Waals surface area contributed by atoms with Gasteiger partial charge in [-0.2, -0.15) is 0 Å². The fourth-order valence-corrected chi connectivity index (χ4v) is 4.41. The first kappa shape index (κ1) is 34.9. The van der Waals surface area contributed by atoms with E-state index in [1.54, 1.807) is 64.1 Å². The van der Waals surface area contributed by atoms with Gasteiger partial charge in [0.1, 0.15) is 23.4 Å². The van der Waals surface area contributed by atoms with E-state index in [0.29, 0.717) is 17.5 Å². The van der Waals surface area contributed by atoms with Crippen molar-refractivity contribution in [3.05, 3.63) is 71.8 Å². The maximum absolute atomic E-state index is 14.5. The summed E-state index contributed by atoms with van der Waals surface area (Å²) in [7, 11) is 0. The molecule has 43 heavy (non-hydrogen) atoms. The standard InChI is InChI=1S/C33H45N3O7/c1-8-22(4)36(29(25-13-11-12-23(9-2)20-25)30(39)34-19-18-28(38)42-10-3)31(40)27(35-32(41)43-33(5,6)7)21-24-14-16-26(37)17-15-24/h9,11-17,20,22,27,29,37H,2,8,10,18-19,21H2,1,3-7H3,(H,34,39)(H,35,41). The van der Waals surface area contributed by atoms with Crippen LogP contribution in [0.15, 0.2) is 55.1 Å². The molecule has 0 aliphatic carbocycles. The van der Waals surface area contributed by atoms with Crippen LogP contribution in [0, 0.1) is 0 Å². The van der Waals surface area contributed by atoms with E-state index < -0.39 is 47.6 Å². The first-order chi connectivity index (χ1) is 20.3. The van der Waals surface area contributed by atoms with E-state index in [1.165, 1.54) is 17.0 Å². The molecule has 3 atom stereocenters. The molecular weight excluding hydrogens is 550 g/mol. The lowest BCUT2D eigenvalue weighted by molar-refractivity contribution is -0.146. The van der Waals surface area contributed by atoms with Gasteiger partial charge in [0, 0.05) is 19.0 Å². The Labute approximate surface area is 254 Å². The fourth-order valence-electron chi connectivity index (χ4n) is 4.41. The Kier molecular flexibility index (Phi) is 13.2. The predicted octanol–water partition coefficient (Wildman–Crippen LogP) is 4.91. The molecule has 2 aromatic carbocycles. The van der Waals surface area contributed by atoms with Gasteiger partial charge >= 0.3 is 12.1 Å². The number of alkyl carbamates (subject to hydrolysis) is 1. The first-order valence-corrected chi connectivity index (χ1v) is 14.5. The summed E-state index contributed by atoms with van der Waals surface area (Å²) < 4.78 is 10.4. The van der Waals surface area contributed by atoms with Crippen molar-refractivity contribution in [2.45, 2.75) is 84.5 Å². The van der Waals surface area contributed by atoms with E-state index in [2.05, 4.69) is 17.2 Å². The molecule has 2 rings (SSSR count). The summed E-state index contributed by atoms with van der Waals surface area (Å²) in [4.78, 5) is 54.7. The summed E-state index contributed by atoms with van der Waals surface area (Å²) in [5, 5.41) is 15.3. The number of nitrogens with zero attached hydrogens (tertiary/aromatic N) is 1. The number of benzene rings is 2. The molecule has 10 nitrogen and oxygen atoms in total. The summed E-state index contributed by atoms with van der Waals surface area (Å²) >= 11 is 0. The van der Waals surface area contributed by atoms with Crippen molar-refractivity contribution >= 4 is 30.0 Å². The van der Waals surface area contributed by atoms with Crippen molar-refractivity contribution in [1.82, 2.24) is 15.5 Å². The van der Waals surface area contributed by atoms with Gasteiger partial charge in [0.2, 0.25) is 11.8 Å². The second kappa shape index (κ2) is 16.3. The number of nitrogens with one attached hydrogen (secondary N) is 2. The maximum atomic E-state index is 14.5. The van der Waals surface area contributed by atoms with E-state index in [-0.39, 0.29) is 31.7 Å². The number of aromatic hydroxyl groups is 1. The molecule has 3 N–H and O–H groups in total. The van der Waals surface area contributed by atoms with E-state index >= 15 is 0 Å².